The number of imide groups is 1. The molecule has 0 aromatic heterocycles. The number of nitrogens with one attached hydrogen (secondary N) is 5. The average molecular weight is 513 g/mol. The minimum atomic E-state index is -1.13. The molecule has 0 aromatic rings. The molecular formula is C22H36N6O8. The topological polar surface area (TPSA) is 184 Å². The number of carbonyl (C=O) groups is 6. The first kappa shape index (κ1) is 30.4. The number of hydrogen-bond acceptors (Lipinski definition) is 9. The zero-order valence-corrected chi connectivity index (χ0v) is 21.1. The Bertz CT molecular complexity index is 848. The van der Waals surface area contributed by atoms with Gasteiger partial charge in [0.25, 0.3) is 0 Å². The summed E-state index contributed by atoms with van der Waals surface area (Å²) in [6, 6.07) is -2.84. The fourth-order valence-electron chi connectivity index (χ4n) is 3.35. The lowest BCUT2D eigenvalue weighted by Crippen LogP contribution is -2.52. The molecule has 36 heavy (non-hydrogen) atoms. The van der Waals surface area contributed by atoms with E-state index in [1.54, 1.807) is 20.9 Å². The fourth-order valence-corrected chi connectivity index (χ4v) is 3.35. The van der Waals surface area contributed by atoms with Crippen LogP contribution in [-0.4, -0.2) is 85.6 Å². The van der Waals surface area contributed by atoms with E-state index in [2.05, 4.69) is 33.2 Å². The number of alkyl carbamates (subject to hydrolysis) is 2. The van der Waals surface area contributed by atoms with E-state index in [0.29, 0.717) is 19.4 Å². The van der Waals surface area contributed by atoms with Gasteiger partial charge in [-0.25, -0.2) is 9.59 Å². The largest absolute Gasteiger partial charge is 0.450 e. The summed E-state index contributed by atoms with van der Waals surface area (Å²) in [5.41, 5.74) is 0. The number of rotatable bonds is 14. The molecule has 1 fully saturated rings. The Hall–Kier alpha value is -3.68. The molecule has 0 spiro atoms. The van der Waals surface area contributed by atoms with Gasteiger partial charge >= 0.3 is 12.2 Å². The summed E-state index contributed by atoms with van der Waals surface area (Å²) in [5, 5.41) is 12.5. The molecule has 202 valence electrons. The molecule has 0 bridgehead atoms. The number of likely N-dealkylation sites (tertiary alicyclic amines) is 1. The van der Waals surface area contributed by atoms with Crippen molar-refractivity contribution in [3.8, 4) is 0 Å². The zero-order valence-electron chi connectivity index (χ0n) is 21.1. The van der Waals surface area contributed by atoms with Crippen LogP contribution in [0.3, 0.4) is 0 Å². The number of likely N-dealkylation sites (N-methyl/N-ethyl adjacent to an activating group) is 1. The van der Waals surface area contributed by atoms with Crippen molar-refractivity contribution >= 4 is 35.8 Å². The molecule has 14 heteroatoms. The molecule has 1 saturated heterocycles. The first-order chi connectivity index (χ1) is 17.0. The number of amides is 6. The van der Waals surface area contributed by atoms with Crippen LogP contribution in [0.25, 0.3) is 0 Å². The Balaban J connectivity index is 2.65. The van der Waals surface area contributed by atoms with E-state index in [9.17, 15) is 28.8 Å². The SMILES string of the molecule is C=C(NC(=O)C(CCCCNC(=O)OCC)NC(=O)OCC)NC(=O)C(C)N1C(=O)CC(NC)C1=O. The fraction of sp³-hybridized carbons (Fsp3) is 0.636. The molecule has 1 aliphatic heterocycles. The summed E-state index contributed by atoms with van der Waals surface area (Å²) in [4.78, 5) is 73.8. The third kappa shape index (κ3) is 9.52. The van der Waals surface area contributed by atoms with Gasteiger partial charge < -0.3 is 36.1 Å². The Morgan fingerprint density at radius 1 is 1.03 bits per heavy atom. The van der Waals surface area contributed by atoms with E-state index in [1.807, 2.05) is 0 Å². The zero-order chi connectivity index (χ0) is 27.3. The van der Waals surface area contributed by atoms with Crippen LogP contribution in [0, 0.1) is 0 Å². The van der Waals surface area contributed by atoms with Crippen LogP contribution in [0.5, 0.6) is 0 Å². The average Bonchev–Trinajstić information content (AvgIpc) is 3.10. The van der Waals surface area contributed by atoms with E-state index in [0.717, 1.165) is 4.90 Å². The highest BCUT2D eigenvalue weighted by molar-refractivity contribution is 6.08. The molecule has 3 atom stereocenters. The van der Waals surface area contributed by atoms with Gasteiger partial charge in [0.15, 0.2) is 0 Å². The summed E-state index contributed by atoms with van der Waals surface area (Å²) >= 11 is 0. The van der Waals surface area contributed by atoms with Crippen molar-refractivity contribution < 1.29 is 38.2 Å². The predicted octanol–water partition coefficient (Wildman–Crippen LogP) is -0.543. The second-order valence-electron chi connectivity index (χ2n) is 7.84. The Morgan fingerprint density at radius 3 is 2.22 bits per heavy atom. The lowest BCUT2D eigenvalue weighted by atomic mass is 10.1. The molecule has 1 rings (SSSR count). The van der Waals surface area contributed by atoms with Crippen LogP contribution >= 0.6 is 0 Å². The monoisotopic (exact) mass is 512 g/mol. The second-order valence-corrected chi connectivity index (χ2v) is 7.84. The predicted molar refractivity (Wildman–Crippen MR) is 127 cm³/mol. The third-order valence-corrected chi connectivity index (χ3v) is 5.19. The number of nitrogens with zero attached hydrogens (tertiary/aromatic N) is 1. The summed E-state index contributed by atoms with van der Waals surface area (Å²) in [7, 11) is 1.54. The highest BCUT2D eigenvalue weighted by Crippen LogP contribution is 2.16. The lowest BCUT2D eigenvalue weighted by molar-refractivity contribution is -0.146. The molecule has 0 radical (unpaired) electrons. The summed E-state index contributed by atoms with van der Waals surface area (Å²) in [6.45, 7) is 8.94. The van der Waals surface area contributed by atoms with Crippen LogP contribution in [0.4, 0.5) is 9.59 Å². The quantitative estimate of drug-likeness (QED) is 0.151. The Morgan fingerprint density at radius 2 is 1.64 bits per heavy atom. The number of ether oxygens (including phenoxy) is 2. The van der Waals surface area contributed by atoms with Crippen LogP contribution in [0.15, 0.2) is 12.4 Å². The normalized spacial score (nSPS) is 16.6. The third-order valence-electron chi connectivity index (χ3n) is 5.19. The molecule has 1 aliphatic rings. The molecule has 14 nitrogen and oxygen atoms in total. The molecule has 1 heterocycles. The van der Waals surface area contributed by atoms with Gasteiger partial charge in [0.2, 0.25) is 23.6 Å². The van der Waals surface area contributed by atoms with Gasteiger partial charge in [-0.1, -0.05) is 6.58 Å². The van der Waals surface area contributed by atoms with Gasteiger partial charge in [-0.05, 0) is 47.1 Å². The highest BCUT2D eigenvalue weighted by atomic mass is 16.6. The van der Waals surface area contributed by atoms with Gasteiger partial charge in [-0.3, -0.25) is 24.1 Å². The molecule has 5 N–H and O–H groups in total. The first-order valence-corrected chi connectivity index (χ1v) is 11.7. The van der Waals surface area contributed by atoms with Crippen molar-refractivity contribution in [2.45, 2.75) is 64.6 Å². The molecule has 0 aliphatic carbocycles. The van der Waals surface area contributed by atoms with E-state index in [-0.39, 0.29) is 31.9 Å². The van der Waals surface area contributed by atoms with E-state index in [4.69, 9.17) is 9.47 Å². The molecule has 0 aromatic carbocycles. The Labute approximate surface area is 209 Å². The van der Waals surface area contributed by atoms with E-state index in [1.165, 1.54) is 6.92 Å². The van der Waals surface area contributed by atoms with Crippen LogP contribution in [0.1, 0.15) is 46.5 Å². The van der Waals surface area contributed by atoms with Crippen LogP contribution in [-0.2, 0) is 28.7 Å². The molecular weight excluding hydrogens is 476 g/mol. The first-order valence-electron chi connectivity index (χ1n) is 11.7. The van der Waals surface area contributed by atoms with Crippen molar-refractivity contribution in [3.63, 3.8) is 0 Å². The molecule has 0 saturated carbocycles. The second kappa shape index (κ2) is 15.3. The van der Waals surface area contributed by atoms with Crippen molar-refractivity contribution in [2.24, 2.45) is 0 Å². The van der Waals surface area contributed by atoms with Crippen molar-refractivity contribution in [2.75, 3.05) is 26.8 Å². The van der Waals surface area contributed by atoms with Gasteiger partial charge in [-0.2, -0.15) is 0 Å². The minimum absolute atomic E-state index is 0.0544. The van der Waals surface area contributed by atoms with Crippen molar-refractivity contribution in [1.82, 2.24) is 31.5 Å². The molecule has 6 amide bonds. The standard InChI is InChI=1S/C22H36N6O8/c1-6-35-21(33)24-11-9-8-10-15(27-22(34)36-7-2)19(31)26-14(4)25-18(30)13(3)28-17(29)12-16(23-5)20(28)32/h13,15-16,23H,4,6-12H2,1-3,5H3,(H,24,33)(H,25,30)(H,26,31)(H,27,34). The van der Waals surface area contributed by atoms with Gasteiger partial charge in [-0.15, -0.1) is 0 Å². The number of carbonyl (C=O) groups excluding carboxylic acids is 6. The maximum atomic E-state index is 12.7. The highest BCUT2D eigenvalue weighted by Gasteiger charge is 2.42. The minimum Gasteiger partial charge on any atom is -0.450 e. The van der Waals surface area contributed by atoms with Gasteiger partial charge in [0.05, 0.1) is 25.7 Å². The van der Waals surface area contributed by atoms with E-state index < -0.39 is 53.9 Å². The number of hydrogen-bond donors (Lipinski definition) is 5. The van der Waals surface area contributed by atoms with Gasteiger partial charge in [0, 0.05) is 6.54 Å². The van der Waals surface area contributed by atoms with E-state index >= 15 is 0 Å². The van der Waals surface area contributed by atoms with Crippen LogP contribution < -0.4 is 26.6 Å². The summed E-state index contributed by atoms with van der Waals surface area (Å²) in [6.07, 6.45) is -0.227. The molecule has 3 unspecified atom stereocenters. The number of unbranched alkanes of at least 4 members (excludes halogenated alkanes) is 1. The van der Waals surface area contributed by atoms with Crippen molar-refractivity contribution in [1.29, 1.82) is 0 Å². The Kier molecular flexibility index (Phi) is 12.9. The maximum absolute atomic E-state index is 12.7. The van der Waals surface area contributed by atoms with Gasteiger partial charge in [0.1, 0.15) is 17.9 Å². The smallest absolute Gasteiger partial charge is 0.407 e. The lowest BCUT2D eigenvalue weighted by Gasteiger charge is -2.23. The van der Waals surface area contributed by atoms with Crippen LogP contribution in [0.2, 0.25) is 0 Å². The summed E-state index contributed by atoms with van der Waals surface area (Å²) < 4.78 is 9.59. The van der Waals surface area contributed by atoms with Crippen molar-refractivity contribution in [3.05, 3.63) is 12.4 Å². The maximum Gasteiger partial charge on any atom is 0.407 e. The summed E-state index contributed by atoms with van der Waals surface area (Å²) in [5.74, 6) is -2.59.